The summed E-state index contributed by atoms with van der Waals surface area (Å²) in [6, 6.07) is 4.52. The smallest absolute Gasteiger partial charge is 0.307 e. The molecule has 0 unspecified atom stereocenters. The highest BCUT2D eigenvalue weighted by atomic mass is 32.1. The standard InChI is InChI=1S/C14H15N3O4S/c1-9-8-22-14(19)16(9)7-6-13(18)15-11-4-3-5-12(10(11)2)17(20)21/h3-5,8H,6-7H2,1-2H3,(H,15,18). The maximum Gasteiger partial charge on any atom is 0.307 e. The van der Waals surface area contributed by atoms with E-state index in [1.807, 2.05) is 0 Å². The Hall–Kier alpha value is -2.48. The Morgan fingerprint density at radius 3 is 2.73 bits per heavy atom. The van der Waals surface area contributed by atoms with Crippen molar-refractivity contribution in [1.82, 2.24) is 4.57 Å². The Labute approximate surface area is 130 Å². The molecule has 1 aromatic heterocycles. The van der Waals surface area contributed by atoms with Crippen molar-refractivity contribution in [2.24, 2.45) is 0 Å². The molecule has 116 valence electrons. The third kappa shape index (κ3) is 3.40. The number of anilines is 1. The zero-order chi connectivity index (χ0) is 16.3. The van der Waals surface area contributed by atoms with Crippen molar-refractivity contribution in [3.8, 4) is 0 Å². The van der Waals surface area contributed by atoms with Crippen molar-refractivity contribution in [1.29, 1.82) is 0 Å². The van der Waals surface area contributed by atoms with Crippen molar-refractivity contribution >= 4 is 28.6 Å². The number of hydrogen-bond donors (Lipinski definition) is 1. The summed E-state index contributed by atoms with van der Waals surface area (Å²) in [4.78, 5) is 33.8. The number of nitro benzene ring substituents is 1. The summed E-state index contributed by atoms with van der Waals surface area (Å²) in [5, 5.41) is 15.3. The second kappa shape index (κ2) is 6.52. The quantitative estimate of drug-likeness (QED) is 0.676. The van der Waals surface area contributed by atoms with Crippen LogP contribution in [0.2, 0.25) is 0 Å². The fourth-order valence-electron chi connectivity index (χ4n) is 2.06. The minimum absolute atomic E-state index is 0.0392. The number of benzene rings is 1. The van der Waals surface area contributed by atoms with Crippen LogP contribution in [-0.2, 0) is 11.3 Å². The fraction of sp³-hybridized carbons (Fsp3) is 0.286. The molecule has 2 rings (SSSR count). The molecular weight excluding hydrogens is 306 g/mol. The van der Waals surface area contributed by atoms with Gasteiger partial charge in [-0.2, -0.15) is 0 Å². The molecule has 0 saturated carbocycles. The molecule has 1 amide bonds. The van der Waals surface area contributed by atoms with Gasteiger partial charge < -0.3 is 9.88 Å². The molecule has 7 nitrogen and oxygen atoms in total. The first-order valence-corrected chi connectivity index (χ1v) is 7.47. The van der Waals surface area contributed by atoms with Crippen LogP contribution in [0.15, 0.2) is 28.4 Å². The molecule has 0 bridgehead atoms. The molecule has 1 heterocycles. The number of hydrogen-bond acceptors (Lipinski definition) is 5. The largest absolute Gasteiger partial charge is 0.326 e. The SMILES string of the molecule is Cc1c(NC(=O)CCn2c(C)csc2=O)cccc1[N+](=O)[O-]. The van der Waals surface area contributed by atoms with Gasteiger partial charge in [0.05, 0.1) is 16.2 Å². The molecule has 2 aromatic rings. The second-order valence-electron chi connectivity index (χ2n) is 4.80. The van der Waals surface area contributed by atoms with Crippen LogP contribution in [0.5, 0.6) is 0 Å². The highest BCUT2D eigenvalue weighted by Gasteiger charge is 2.15. The highest BCUT2D eigenvalue weighted by molar-refractivity contribution is 7.07. The Kier molecular flexibility index (Phi) is 4.71. The number of amides is 1. The summed E-state index contributed by atoms with van der Waals surface area (Å²) in [5.74, 6) is -0.291. The zero-order valence-corrected chi connectivity index (χ0v) is 13.0. The van der Waals surface area contributed by atoms with Crippen LogP contribution in [-0.4, -0.2) is 15.4 Å². The lowest BCUT2D eigenvalue weighted by atomic mass is 10.1. The van der Waals surface area contributed by atoms with Crippen LogP contribution in [0.4, 0.5) is 11.4 Å². The molecule has 0 saturated heterocycles. The third-order valence-corrected chi connectivity index (χ3v) is 4.20. The van der Waals surface area contributed by atoms with Crippen LogP contribution in [0.25, 0.3) is 0 Å². The number of rotatable bonds is 5. The van der Waals surface area contributed by atoms with Crippen molar-refractivity contribution in [3.63, 3.8) is 0 Å². The average molecular weight is 321 g/mol. The molecule has 22 heavy (non-hydrogen) atoms. The van der Waals surface area contributed by atoms with Gasteiger partial charge in [-0.1, -0.05) is 17.4 Å². The summed E-state index contributed by atoms with van der Waals surface area (Å²) in [7, 11) is 0. The number of nitrogens with zero attached hydrogens (tertiary/aromatic N) is 2. The van der Waals surface area contributed by atoms with Gasteiger partial charge >= 0.3 is 4.87 Å². The van der Waals surface area contributed by atoms with Gasteiger partial charge in [0.15, 0.2) is 0 Å². The minimum atomic E-state index is -0.487. The lowest BCUT2D eigenvalue weighted by molar-refractivity contribution is -0.385. The number of nitrogens with one attached hydrogen (secondary N) is 1. The van der Waals surface area contributed by atoms with Gasteiger partial charge in [0.25, 0.3) is 5.69 Å². The van der Waals surface area contributed by atoms with Crippen LogP contribution < -0.4 is 10.2 Å². The Morgan fingerprint density at radius 2 is 2.14 bits per heavy atom. The molecule has 0 atom stereocenters. The predicted molar refractivity (Wildman–Crippen MR) is 84.4 cm³/mol. The first kappa shape index (κ1) is 15.9. The number of carbonyl (C=O) groups is 1. The maximum atomic E-state index is 12.0. The summed E-state index contributed by atoms with van der Waals surface area (Å²) in [6.07, 6.45) is 0.125. The number of nitro groups is 1. The summed E-state index contributed by atoms with van der Waals surface area (Å²) < 4.78 is 1.53. The molecule has 0 aliphatic carbocycles. The van der Waals surface area contributed by atoms with E-state index in [0.29, 0.717) is 11.3 Å². The Balaban J connectivity index is 2.05. The Morgan fingerprint density at radius 1 is 1.41 bits per heavy atom. The van der Waals surface area contributed by atoms with Gasteiger partial charge in [0.2, 0.25) is 5.91 Å². The fourth-order valence-corrected chi connectivity index (χ4v) is 2.82. The maximum absolute atomic E-state index is 12.0. The van der Waals surface area contributed by atoms with Crippen molar-refractivity contribution in [2.75, 3.05) is 5.32 Å². The van der Waals surface area contributed by atoms with E-state index in [1.165, 1.54) is 16.7 Å². The molecule has 1 N–H and O–H groups in total. The number of carbonyl (C=O) groups excluding carboxylic acids is 1. The van der Waals surface area contributed by atoms with E-state index in [9.17, 15) is 19.7 Å². The Bertz CT molecular complexity index is 779. The lowest BCUT2D eigenvalue weighted by Crippen LogP contribution is -2.20. The van der Waals surface area contributed by atoms with E-state index in [2.05, 4.69) is 5.32 Å². The second-order valence-corrected chi connectivity index (χ2v) is 5.62. The van der Waals surface area contributed by atoms with Crippen LogP contribution in [0.3, 0.4) is 0 Å². The van der Waals surface area contributed by atoms with Crippen molar-refractivity contribution in [2.45, 2.75) is 26.8 Å². The van der Waals surface area contributed by atoms with Crippen LogP contribution in [0, 0.1) is 24.0 Å². The van der Waals surface area contributed by atoms with E-state index < -0.39 is 4.92 Å². The molecule has 0 fully saturated rings. The van der Waals surface area contributed by atoms with Gasteiger partial charge in [0, 0.05) is 30.1 Å². The molecule has 0 aliphatic heterocycles. The zero-order valence-electron chi connectivity index (χ0n) is 12.2. The molecule has 1 aromatic carbocycles. The number of thiazole rings is 1. The summed E-state index contributed by atoms with van der Waals surface area (Å²) >= 11 is 1.10. The van der Waals surface area contributed by atoms with Crippen molar-refractivity contribution < 1.29 is 9.72 Å². The summed E-state index contributed by atoms with van der Waals surface area (Å²) in [5.41, 5.74) is 1.59. The topological polar surface area (TPSA) is 94.2 Å². The van der Waals surface area contributed by atoms with Crippen molar-refractivity contribution in [3.05, 3.63) is 54.6 Å². The van der Waals surface area contributed by atoms with E-state index in [1.54, 1.807) is 25.3 Å². The number of aryl methyl sites for hydroxylation is 1. The van der Waals surface area contributed by atoms with Gasteiger partial charge in [-0.05, 0) is 19.9 Å². The summed E-state index contributed by atoms with van der Waals surface area (Å²) in [6.45, 7) is 3.68. The van der Waals surface area contributed by atoms with E-state index in [0.717, 1.165) is 17.0 Å². The first-order chi connectivity index (χ1) is 10.4. The van der Waals surface area contributed by atoms with E-state index in [-0.39, 0.29) is 29.4 Å². The normalized spacial score (nSPS) is 10.5. The molecule has 8 heteroatoms. The monoisotopic (exact) mass is 321 g/mol. The van der Waals surface area contributed by atoms with Gasteiger partial charge in [0.1, 0.15) is 0 Å². The van der Waals surface area contributed by atoms with Crippen LogP contribution in [0.1, 0.15) is 17.7 Å². The first-order valence-electron chi connectivity index (χ1n) is 6.59. The molecule has 0 aliphatic rings. The number of aromatic nitrogens is 1. The van der Waals surface area contributed by atoms with Gasteiger partial charge in [-0.25, -0.2) is 0 Å². The minimum Gasteiger partial charge on any atom is -0.326 e. The molecule has 0 radical (unpaired) electrons. The molecular formula is C14H15N3O4S. The highest BCUT2D eigenvalue weighted by Crippen LogP contribution is 2.25. The molecule has 0 spiro atoms. The van der Waals surface area contributed by atoms with Crippen LogP contribution >= 0.6 is 11.3 Å². The van der Waals surface area contributed by atoms with E-state index >= 15 is 0 Å². The lowest BCUT2D eigenvalue weighted by Gasteiger charge is -2.09. The van der Waals surface area contributed by atoms with Gasteiger partial charge in [-0.15, -0.1) is 0 Å². The predicted octanol–water partition coefficient (Wildman–Crippen LogP) is 2.46. The van der Waals surface area contributed by atoms with Gasteiger partial charge in [-0.3, -0.25) is 19.7 Å². The average Bonchev–Trinajstić information content (AvgIpc) is 2.78. The van der Waals surface area contributed by atoms with E-state index in [4.69, 9.17) is 0 Å². The third-order valence-electron chi connectivity index (χ3n) is 3.31.